The van der Waals surface area contributed by atoms with E-state index in [4.69, 9.17) is 11.6 Å². The van der Waals surface area contributed by atoms with Crippen molar-refractivity contribution in [3.05, 3.63) is 40.9 Å². The summed E-state index contributed by atoms with van der Waals surface area (Å²) in [6.07, 6.45) is -4.86. The lowest BCUT2D eigenvalue weighted by atomic mass is 10.1. The predicted octanol–water partition coefficient (Wildman–Crippen LogP) is 3.37. The molecule has 1 aromatic carbocycles. The summed E-state index contributed by atoms with van der Waals surface area (Å²) in [7, 11) is 0. The van der Waals surface area contributed by atoms with Gasteiger partial charge in [-0.15, -0.1) is 0 Å². The number of alkyl halides is 3. The van der Waals surface area contributed by atoms with E-state index in [0.29, 0.717) is 5.02 Å². The lowest BCUT2D eigenvalue weighted by Crippen LogP contribution is -2.20. The van der Waals surface area contributed by atoms with E-state index in [1.165, 1.54) is 24.3 Å². The summed E-state index contributed by atoms with van der Waals surface area (Å²) in [5, 5.41) is 9.62. The van der Waals surface area contributed by atoms with Gasteiger partial charge in [-0.1, -0.05) is 11.6 Å². The van der Waals surface area contributed by atoms with E-state index in [1.807, 2.05) is 0 Å². The molecule has 0 saturated carbocycles. The quantitative estimate of drug-likeness (QED) is 0.645. The minimum atomic E-state index is -4.99. The number of allylic oxidation sites excluding steroid dienone is 1. The van der Waals surface area contributed by atoms with Crippen molar-refractivity contribution in [1.29, 1.82) is 0 Å². The van der Waals surface area contributed by atoms with Crippen molar-refractivity contribution in [2.24, 2.45) is 0 Å². The Morgan fingerprint density at radius 2 is 1.75 bits per heavy atom. The van der Waals surface area contributed by atoms with Crippen molar-refractivity contribution >= 4 is 23.1 Å². The van der Waals surface area contributed by atoms with E-state index in [-0.39, 0.29) is 11.6 Å². The molecular weight excluding hydrogens is 245 g/mol. The Morgan fingerprint density at radius 1 is 1.25 bits per heavy atom. The Hall–Kier alpha value is -1.49. The van der Waals surface area contributed by atoms with Gasteiger partial charge in [0.15, 0.2) is 0 Å². The van der Waals surface area contributed by atoms with Crippen LogP contribution in [0.4, 0.5) is 13.2 Å². The van der Waals surface area contributed by atoms with Gasteiger partial charge in [-0.2, -0.15) is 13.2 Å². The molecule has 0 radical (unpaired) electrons. The maximum atomic E-state index is 11.9. The van der Waals surface area contributed by atoms with Crippen molar-refractivity contribution in [1.82, 2.24) is 0 Å². The van der Waals surface area contributed by atoms with Crippen LogP contribution >= 0.6 is 11.6 Å². The monoisotopic (exact) mass is 250 g/mol. The Bertz CT molecular complexity index is 421. The van der Waals surface area contributed by atoms with Crippen molar-refractivity contribution in [2.75, 3.05) is 0 Å². The summed E-state index contributed by atoms with van der Waals surface area (Å²) in [6.45, 7) is 0. The summed E-state index contributed by atoms with van der Waals surface area (Å²) in [4.78, 5) is 10.5. The van der Waals surface area contributed by atoms with Gasteiger partial charge in [0, 0.05) is 16.7 Å². The van der Waals surface area contributed by atoms with Crippen LogP contribution in [0.5, 0.6) is 0 Å². The second kappa shape index (κ2) is 4.57. The van der Waals surface area contributed by atoms with Crippen molar-refractivity contribution in [3.8, 4) is 0 Å². The molecule has 1 rings (SSSR count). The zero-order valence-electron chi connectivity index (χ0n) is 7.75. The standard InChI is InChI=1S/C10H6ClF3O2/c11-7-3-1-6(2-4-7)8(15)5-9(16)10(12,13)14/h1-5,15H. The number of hydrogen-bond donors (Lipinski definition) is 1. The number of hydrogen-bond acceptors (Lipinski definition) is 2. The van der Waals surface area contributed by atoms with E-state index in [9.17, 15) is 23.1 Å². The van der Waals surface area contributed by atoms with Crippen LogP contribution in [0.3, 0.4) is 0 Å². The highest BCUT2D eigenvalue weighted by molar-refractivity contribution is 6.30. The summed E-state index contributed by atoms with van der Waals surface area (Å²) >= 11 is 5.55. The summed E-state index contributed by atoms with van der Waals surface area (Å²) in [5.74, 6) is -2.86. The van der Waals surface area contributed by atoms with Gasteiger partial charge >= 0.3 is 6.18 Å². The van der Waals surface area contributed by atoms with E-state index >= 15 is 0 Å². The van der Waals surface area contributed by atoms with Crippen LogP contribution in [0.15, 0.2) is 30.3 Å². The van der Waals surface area contributed by atoms with E-state index in [2.05, 4.69) is 0 Å². The minimum Gasteiger partial charge on any atom is -0.507 e. The molecular formula is C10H6ClF3O2. The topological polar surface area (TPSA) is 37.3 Å². The molecule has 0 saturated heterocycles. The summed E-state index contributed by atoms with van der Waals surface area (Å²) in [6, 6.07) is 5.38. The Labute approximate surface area is 94.0 Å². The molecule has 0 fully saturated rings. The number of ketones is 1. The fourth-order valence-corrected chi connectivity index (χ4v) is 1.04. The first-order valence-corrected chi connectivity index (χ1v) is 4.46. The first kappa shape index (κ1) is 12.6. The van der Waals surface area contributed by atoms with Crippen molar-refractivity contribution < 1.29 is 23.1 Å². The lowest BCUT2D eigenvalue weighted by molar-refractivity contribution is -0.165. The number of rotatable bonds is 2. The average molecular weight is 251 g/mol. The maximum Gasteiger partial charge on any atom is 0.454 e. The Kier molecular flexibility index (Phi) is 3.59. The number of carbonyl (C=O) groups is 1. The molecule has 0 atom stereocenters. The van der Waals surface area contributed by atoms with Gasteiger partial charge in [0.1, 0.15) is 5.76 Å². The van der Waals surface area contributed by atoms with Crippen LogP contribution in [0.25, 0.3) is 5.76 Å². The molecule has 0 aromatic heterocycles. The van der Waals surface area contributed by atoms with Crippen LogP contribution in [-0.4, -0.2) is 17.1 Å². The van der Waals surface area contributed by atoms with Crippen LogP contribution in [0, 0.1) is 0 Å². The Morgan fingerprint density at radius 3 is 2.19 bits per heavy atom. The molecule has 0 bridgehead atoms. The van der Waals surface area contributed by atoms with Crippen LogP contribution in [-0.2, 0) is 4.79 Å². The number of aliphatic hydroxyl groups excluding tert-OH is 1. The van der Waals surface area contributed by atoms with E-state index in [1.54, 1.807) is 0 Å². The third kappa shape index (κ3) is 3.27. The zero-order chi connectivity index (χ0) is 12.3. The summed E-state index contributed by atoms with van der Waals surface area (Å²) < 4.78 is 35.6. The SMILES string of the molecule is O=C(C=C(O)c1ccc(Cl)cc1)C(F)(F)F. The second-order valence-corrected chi connectivity index (χ2v) is 3.33. The number of aliphatic hydroxyl groups is 1. The van der Waals surface area contributed by atoms with Gasteiger partial charge in [-0.3, -0.25) is 4.79 Å². The molecule has 1 N–H and O–H groups in total. The van der Waals surface area contributed by atoms with Gasteiger partial charge in [0.25, 0.3) is 5.78 Å². The second-order valence-electron chi connectivity index (χ2n) is 2.90. The molecule has 2 nitrogen and oxygen atoms in total. The van der Waals surface area contributed by atoms with Gasteiger partial charge in [0.05, 0.1) is 0 Å². The molecule has 0 heterocycles. The maximum absolute atomic E-state index is 11.9. The highest BCUT2D eigenvalue weighted by atomic mass is 35.5. The van der Waals surface area contributed by atoms with Crippen LogP contribution in [0.2, 0.25) is 5.02 Å². The van der Waals surface area contributed by atoms with E-state index < -0.39 is 17.7 Å². The zero-order valence-corrected chi connectivity index (χ0v) is 8.51. The first-order valence-electron chi connectivity index (χ1n) is 4.08. The lowest BCUT2D eigenvalue weighted by Gasteiger charge is -2.02. The molecule has 0 aliphatic heterocycles. The van der Waals surface area contributed by atoms with Crippen molar-refractivity contribution in [3.63, 3.8) is 0 Å². The highest BCUT2D eigenvalue weighted by Crippen LogP contribution is 2.20. The smallest absolute Gasteiger partial charge is 0.454 e. The van der Waals surface area contributed by atoms with Gasteiger partial charge in [0.2, 0.25) is 0 Å². The number of benzene rings is 1. The third-order valence-corrected chi connectivity index (χ3v) is 1.94. The molecule has 16 heavy (non-hydrogen) atoms. The molecule has 0 unspecified atom stereocenters. The average Bonchev–Trinajstić information content (AvgIpc) is 2.17. The van der Waals surface area contributed by atoms with Crippen molar-refractivity contribution in [2.45, 2.75) is 6.18 Å². The largest absolute Gasteiger partial charge is 0.507 e. The normalized spacial score (nSPS) is 12.6. The first-order chi connectivity index (χ1) is 7.30. The summed E-state index contributed by atoms with van der Waals surface area (Å²) in [5.41, 5.74) is 0.0852. The molecule has 0 amide bonds. The highest BCUT2D eigenvalue weighted by Gasteiger charge is 2.36. The molecule has 1 aromatic rings. The molecule has 0 aliphatic carbocycles. The molecule has 0 spiro atoms. The van der Waals surface area contributed by atoms with Crippen LogP contribution in [0.1, 0.15) is 5.56 Å². The predicted molar refractivity (Wildman–Crippen MR) is 53.1 cm³/mol. The van der Waals surface area contributed by atoms with Crippen LogP contribution < -0.4 is 0 Å². The number of carbonyl (C=O) groups excluding carboxylic acids is 1. The van der Waals surface area contributed by atoms with Gasteiger partial charge < -0.3 is 5.11 Å². The minimum absolute atomic E-state index is 0.0852. The molecule has 6 heteroatoms. The van der Waals surface area contributed by atoms with E-state index in [0.717, 1.165) is 0 Å². The fraction of sp³-hybridized carbons (Fsp3) is 0.100. The number of halogens is 4. The Balaban J connectivity index is 2.94. The molecule has 86 valence electrons. The van der Waals surface area contributed by atoms with Gasteiger partial charge in [-0.25, -0.2) is 0 Å². The third-order valence-electron chi connectivity index (χ3n) is 1.69. The fourth-order valence-electron chi connectivity index (χ4n) is 0.910. The van der Waals surface area contributed by atoms with Gasteiger partial charge in [-0.05, 0) is 24.3 Å². The molecule has 0 aliphatic rings.